The summed E-state index contributed by atoms with van der Waals surface area (Å²) in [7, 11) is 1.65. The van der Waals surface area contributed by atoms with Gasteiger partial charge in [0.05, 0.1) is 15.1 Å². The van der Waals surface area contributed by atoms with Crippen LogP contribution in [0.2, 0.25) is 0 Å². The Morgan fingerprint density at radius 2 is 1.07 bits per heavy atom. The summed E-state index contributed by atoms with van der Waals surface area (Å²) in [6.07, 6.45) is 12.8. The molecule has 1 aliphatic rings. The van der Waals surface area contributed by atoms with E-state index in [2.05, 4.69) is 119 Å². The van der Waals surface area contributed by atoms with Crippen LogP contribution in [0.25, 0.3) is 81.8 Å². The van der Waals surface area contributed by atoms with Gasteiger partial charge in [-0.15, -0.1) is 68.0 Å². The number of benzene rings is 3. The summed E-state index contributed by atoms with van der Waals surface area (Å²) >= 11 is 11.1. The maximum atomic E-state index is 14.3. The van der Waals surface area contributed by atoms with Gasteiger partial charge in [-0.3, -0.25) is 14.5 Å². The van der Waals surface area contributed by atoms with Gasteiger partial charge < -0.3 is 4.74 Å². The molecule has 3 aromatic carbocycles. The Balaban J connectivity index is 1.21. The van der Waals surface area contributed by atoms with Crippen LogP contribution in [0, 0.1) is 11.8 Å². The van der Waals surface area contributed by atoms with Gasteiger partial charge in [-0.05, 0) is 78.6 Å². The van der Waals surface area contributed by atoms with Crippen molar-refractivity contribution in [1.82, 2.24) is 4.90 Å². The van der Waals surface area contributed by atoms with E-state index in [1.54, 1.807) is 18.4 Å². The number of rotatable bonds is 21. The number of amides is 2. The molecule has 4 nitrogen and oxygen atoms in total. The van der Waals surface area contributed by atoms with Crippen LogP contribution in [-0.2, 0) is 17.6 Å². The molecular weight excluding hydrogens is 951 g/mol. The van der Waals surface area contributed by atoms with E-state index < -0.39 is 0 Å². The zero-order valence-corrected chi connectivity index (χ0v) is 44.6. The van der Waals surface area contributed by atoms with Gasteiger partial charge in [-0.25, -0.2) is 0 Å². The second-order valence-electron chi connectivity index (χ2n) is 18.3. The number of carbonyl (C=O) groups is 2. The summed E-state index contributed by atoms with van der Waals surface area (Å²) in [6.45, 7) is 10.2. The minimum atomic E-state index is -0.189. The first-order valence-electron chi connectivity index (χ1n) is 24.6. The summed E-state index contributed by atoms with van der Waals surface area (Å²) in [4.78, 5) is 40.7. The molecule has 0 bridgehead atoms. The summed E-state index contributed by atoms with van der Waals surface area (Å²) in [5.41, 5.74) is 5.54. The summed E-state index contributed by atoms with van der Waals surface area (Å²) in [6, 6.07) is 35.9. The van der Waals surface area contributed by atoms with E-state index in [0.29, 0.717) is 41.8 Å². The first kappa shape index (κ1) is 47.4. The number of fused-ring (bicyclic) bond motifs is 5. The second-order valence-corrected chi connectivity index (χ2v) is 24.8. The largest absolute Gasteiger partial charge is 0.385 e. The van der Waals surface area contributed by atoms with Gasteiger partial charge in [0.15, 0.2) is 0 Å². The molecule has 68 heavy (non-hydrogen) atoms. The standard InChI is InChI=1S/C58H59NO3S6/c1-6-10-19-35(8-3)31-39-25-27-43(63-39)47-41-33-45(37-21-14-12-15-22-37)65-52(41)48(44-28-26-40(64-44)32-36(9-4)20-11-7-2)42-34-46(66-53(42)47)54-55-49(51(67-54)38-23-16-13-17-24-38)50-56(68-55)58(61)59(57(50)60)29-18-30-62-5/h12-17,21-28,33-36H,6-11,18-20,29-32H2,1-5H3. The number of ether oxygens (including phenoxy) is 1. The van der Waals surface area contributed by atoms with Crippen molar-refractivity contribution in [1.29, 1.82) is 0 Å². The average Bonchev–Trinajstić information content (AvgIpc) is 4.25. The third-order valence-electron chi connectivity index (χ3n) is 13.8. The monoisotopic (exact) mass is 1010 g/mol. The van der Waals surface area contributed by atoms with Crippen LogP contribution in [0.5, 0.6) is 0 Å². The molecule has 9 aromatic rings. The molecule has 7 heterocycles. The topological polar surface area (TPSA) is 46.6 Å². The Morgan fingerprint density at radius 1 is 0.515 bits per heavy atom. The van der Waals surface area contributed by atoms with Crippen LogP contribution in [0.1, 0.15) is 115 Å². The highest BCUT2D eigenvalue weighted by molar-refractivity contribution is 7.33. The third kappa shape index (κ3) is 9.04. The highest BCUT2D eigenvalue weighted by atomic mass is 32.1. The minimum absolute atomic E-state index is 0.186. The molecule has 0 radical (unpaired) electrons. The molecule has 0 saturated heterocycles. The third-order valence-corrected chi connectivity index (χ3v) is 21.2. The lowest BCUT2D eigenvalue weighted by Gasteiger charge is -2.13. The van der Waals surface area contributed by atoms with Crippen LogP contribution in [-0.4, -0.2) is 37.0 Å². The lowest BCUT2D eigenvalue weighted by Crippen LogP contribution is -2.31. The Hall–Kier alpha value is -4.26. The van der Waals surface area contributed by atoms with Crippen molar-refractivity contribution in [3.05, 3.63) is 117 Å². The number of hydrogen-bond acceptors (Lipinski definition) is 9. The minimum Gasteiger partial charge on any atom is -0.385 e. The number of imide groups is 1. The van der Waals surface area contributed by atoms with Gasteiger partial charge in [0.2, 0.25) is 0 Å². The molecule has 0 spiro atoms. The number of thiophene rings is 6. The molecule has 350 valence electrons. The lowest BCUT2D eigenvalue weighted by molar-refractivity contribution is 0.0640. The fourth-order valence-corrected chi connectivity index (χ4v) is 17.9. The SMILES string of the molecule is CCCCC(CC)Cc1ccc(-c2c3cc(-c4sc(-c5ccccc5)c5c6c(sc45)C(=O)N(CCCOC)C6=O)sc3c(-c3ccc(CC(CC)CCCC)s3)c3cc(-c4ccccc4)sc23)s1. The van der Waals surface area contributed by atoms with Crippen molar-refractivity contribution in [2.75, 3.05) is 20.3 Å². The van der Waals surface area contributed by atoms with Crippen LogP contribution in [0.15, 0.2) is 97.1 Å². The zero-order chi connectivity index (χ0) is 46.9. The lowest BCUT2D eigenvalue weighted by atomic mass is 9.95. The summed E-state index contributed by atoms with van der Waals surface area (Å²) in [5, 5.41) is 3.53. The van der Waals surface area contributed by atoms with Gasteiger partial charge in [0.25, 0.3) is 11.8 Å². The molecule has 0 aliphatic carbocycles. The van der Waals surface area contributed by atoms with Crippen molar-refractivity contribution in [3.63, 3.8) is 0 Å². The first-order valence-corrected chi connectivity index (χ1v) is 29.5. The number of unbranched alkanes of at least 4 members (excludes halogenated alkanes) is 2. The van der Waals surface area contributed by atoms with Gasteiger partial charge in [-0.2, -0.15) is 0 Å². The molecule has 10 heteroatoms. The predicted molar refractivity (Wildman–Crippen MR) is 299 cm³/mol. The van der Waals surface area contributed by atoms with E-state index in [1.807, 2.05) is 51.4 Å². The Bertz CT molecular complexity index is 3100. The van der Waals surface area contributed by atoms with Crippen LogP contribution in [0.3, 0.4) is 0 Å². The van der Waals surface area contributed by atoms with Crippen LogP contribution in [0.4, 0.5) is 0 Å². The van der Waals surface area contributed by atoms with Gasteiger partial charge in [-0.1, -0.05) is 140 Å². The van der Waals surface area contributed by atoms with Gasteiger partial charge in [0.1, 0.15) is 4.88 Å². The number of hydrogen-bond donors (Lipinski definition) is 0. The average molecular weight is 1010 g/mol. The van der Waals surface area contributed by atoms with Gasteiger partial charge in [0, 0.05) is 91.1 Å². The van der Waals surface area contributed by atoms with Crippen molar-refractivity contribution in [3.8, 4) is 51.5 Å². The highest BCUT2D eigenvalue weighted by Crippen LogP contribution is 2.58. The fraction of sp³-hybridized carbons (Fsp3) is 0.345. The molecular formula is C58H59NO3S6. The van der Waals surface area contributed by atoms with Crippen LogP contribution >= 0.6 is 68.0 Å². The predicted octanol–water partition coefficient (Wildman–Crippen LogP) is 19.0. The quantitative estimate of drug-likeness (QED) is 0.0532. The smallest absolute Gasteiger partial charge is 0.271 e. The first-order chi connectivity index (χ1) is 33.3. The van der Waals surface area contributed by atoms with E-state index in [4.69, 9.17) is 4.74 Å². The molecule has 2 atom stereocenters. The summed E-state index contributed by atoms with van der Waals surface area (Å²) < 4.78 is 8.98. The molecule has 0 N–H and O–H groups in total. The van der Waals surface area contributed by atoms with E-state index in [0.717, 1.165) is 38.2 Å². The second kappa shape index (κ2) is 21.0. The maximum absolute atomic E-state index is 14.3. The maximum Gasteiger partial charge on any atom is 0.271 e. The van der Waals surface area contributed by atoms with E-state index in [-0.39, 0.29) is 11.8 Å². The van der Waals surface area contributed by atoms with E-state index in [1.165, 1.54) is 134 Å². The molecule has 0 fully saturated rings. The van der Waals surface area contributed by atoms with E-state index >= 15 is 0 Å². The normalized spacial score (nSPS) is 13.8. The fourth-order valence-electron chi connectivity index (χ4n) is 10.1. The number of methoxy groups -OCH3 is 1. The Labute approximate surface area is 425 Å². The van der Waals surface area contributed by atoms with Crippen LogP contribution < -0.4 is 0 Å². The zero-order valence-electron chi connectivity index (χ0n) is 39.7. The van der Waals surface area contributed by atoms with Crippen molar-refractivity contribution in [2.45, 2.75) is 98.3 Å². The molecule has 1 aliphatic heterocycles. The number of nitrogens with zero attached hydrogens (tertiary/aromatic N) is 1. The van der Waals surface area contributed by atoms with Crippen molar-refractivity contribution >= 4 is 110 Å². The molecule has 0 saturated carbocycles. The molecule has 2 amide bonds. The molecule has 6 aromatic heterocycles. The Kier molecular flexibility index (Phi) is 14.6. The van der Waals surface area contributed by atoms with Crippen molar-refractivity contribution in [2.24, 2.45) is 11.8 Å². The summed E-state index contributed by atoms with van der Waals surface area (Å²) in [5.74, 6) is 1.00. The molecule has 2 unspecified atom stereocenters. The molecule has 10 rings (SSSR count). The highest BCUT2D eigenvalue weighted by Gasteiger charge is 2.41. The number of carbonyl (C=O) groups excluding carboxylic acids is 2. The van der Waals surface area contributed by atoms with E-state index in [9.17, 15) is 9.59 Å². The van der Waals surface area contributed by atoms with Crippen molar-refractivity contribution < 1.29 is 14.3 Å². The Morgan fingerprint density at radius 3 is 1.63 bits per heavy atom. The van der Waals surface area contributed by atoms with Gasteiger partial charge >= 0.3 is 0 Å².